The van der Waals surface area contributed by atoms with Crippen LogP contribution in [0.5, 0.6) is 0 Å². The predicted molar refractivity (Wildman–Crippen MR) is 99.3 cm³/mol. The lowest BCUT2D eigenvalue weighted by Crippen LogP contribution is -2.34. The SMILES string of the molecule is Cc1cccc(C(=O)NCC(=O)O[C@H](C)C(=O)c2cc(C)ccc2C)c1. The van der Waals surface area contributed by atoms with Crippen molar-refractivity contribution in [3.05, 3.63) is 70.3 Å². The maximum atomic E-state index is 12.5. The van der Waals surface area contributed by atoms with Gasteiger partial charge in [-0.3, -0.25) is 14.4 Å². The van der Waals surface area contributed by atoms with E-state index in [-0.39, 0.29) is 18.2 Å². The largest absolute Gasteiger partial charge is 0.453 e. The van der Waals surface area contributed by atoms with Crippen molar-refractivity contribution >= 4 is 17.7 Å². The highest BCUT2D eigenvalue weighted by molar-refractivity contribution is 6.02. The van der Waals surface area contributed by atoms with Crippen molar-refractivity contribution in [1.29, 1.82) is 0 Å². The van der Waals surface area contributed by atoms with Gasteiger partial charge in [-0.1, -0.05) is 35.4 Å². The molecule has 5 nitrogen and oxygen atoms in total. The summed E-state index contributed by atoms with van der Waals surface area (Å²) in [7, 11) is 0. The monoisotopic (exact) mass is 353 g/mol. The first-order valence-corrected chi connectivity index (χ1v) is 8.43. The zero-order valence-electron chi connectivity index (χ0n) is 15.5. The van der Waals surface area contributed by atoms with Crippen molar-refractivity contribution in [3.63, 3.8) is 0 Å². The van der Waals surface area contributed by atoms with Crippen molar-refractivity contribution in [1.82, 2.24) is 5.32 Å². The molecule has 0 aliphatic heterocycles. The van der Waals surface area contributed by atoms with Crippen LogP contribution in [-0.2, 0) is 9.53 Å². The normalized spacial score (nSPS) is 11.5. The van der Waals surface area contributed by atoms with Gasteiger partial charge in [-0.05, 0) is 51.5 Å². The summed E-state index contributed by atoms with van der Waals surface area (Å²) in [6.07, 6.45) is -0.918. The van der Waals surface area contributed by atoms with E-state index in [1.54, 1.807) is 24.3 Å². The molecule has 2 rings (SSSR count). The first kappa shape index (κ1) is 19.4. The van der Waals surface area contributed by atoms with Crippen LogP contribution in [0.15, 0.2) is 42.5 Å². The third kappa shape index (κ3) is 5.02. The Labute approximate surface area is 153 Å². The van der Waals surface area contributed by atoms with Crippen molar-refractivity contribution < 1.29 is 19.1 Å². The van der Waals surface area contributed by atoms with Gasteiger partial charge in [0.2, 0.25) is 5.78 Å². The average Bonchev–Trinajstić information content (AvgIpc) is 2.61. The minimum atomic E-state index is -0.918. The highest BCUT2D eigenvalue weighted by Gasteiger charge is 2.21. The molecule has 5 heteroatoms. The molecule has 0 aliphatic rings. The number of benzene rings is 2. The number of hydrogen-bond donors (Lipinski definition) is 1. The van der Waals surface area contributed by atoms with Crippen LogP contribution in [-0.4, -0.2) is 30.3 Å². The summed E-state index contributed by atoms with van der Waals surface area (Å²) in [5.74, 6) is -1.28. The number of Topliss-reactive ketones (excluding diaryl/α,β-unsaturated/α-hetero) is 1. The minimum Gasteiger partial charge on any atom is -0.453 e. The summed E-state index contributed by atoms with van der Waals surface area (Å²) in [6.45, 7) is 6.85. The van der Waals surface area contributed by atoms with Gasteiger partial charge in [0.05, 0.1) is 0 Å². The Bertz CT molecular complexity index is 842. The Hall–Kier alpha value is -2.95. The molecule has 0 spiro atoms. The summed E-state index contributed by atoms with van der Waals surface area (Å²) in [5.41, 5.74) is 3.75. The van der Waals surface area contributed by atoms with Crippen LogP contribution in [0.2, 0.25) is 0 Å². The molecule has 1 amide bonds. The molecule has 0 saturated heterocycles. The third-order valence-corrected chi connectivity index (χ3v) is 4.01. The second-order valence-corrected chi connectivity index (χ2v) is 6.37. The standard InChI is InChI=1S/C21H23NO4/c1-13-6-5-7-17(10-13)21(25)22-12-19(23)26-16(4)20(24)18-11-14(2)8-9-15(18)3/h5-11,16H,12H2,1-4H3,(H,22,25)/t16-/m1/s1. The summed E-state index contributed by atoms with van der Waals surface area (Å²) >= 11 is 0. The molecule has 0 aliphatic carbocycles. The Morgan fingerprint density at radius 1 is 1.00 bits per heavy atom. The summed E-state index contributed by atoms with van der Waals surface area (Å²) in [5, 5.41) is 2.51. The molecule has 0 heterocycles. The molecule has 1 atom stereocenters. The predicted octanol–water partition coefficient (Wildman–Crippen LogP) is 3.16. The number of nitrogens with one attached hydrogen (secondary N) is 1. The van der Waals surface area contributed by atoms with E-state index in [9.17, 15) is 14.4 Å². The lowest BCUT2D eigenvalue weighted by atomic mass is 9.99. The van der Waals surface area contributed by atoms with E-state index in [0.29, 0.717) is 11.1 Å². The topological polar surface area (TPSA) is 72.5 Å². The van der Waals surface area contributed by atoms with Crippen molar-refractivity contribution in [3.8, 4) is 0 Å². The van der Waals surface area contributed by atoms with E-state index in [1.807, 2.05) is 39.0 Å². The molecule has 0 bridgehead atoms. The molecule has 0 aromatic heterocycles. The first-order valence-electron chi connectivity index (χ1n) is 8.43. The summed E-state index contributed by atoms with van der Waals surface area (Å²) in [6, 6.07) is 12.6. The molecule has 2 aromatic carbocycles. The molecular weight excluding hydrogens is 330 g/mol. The lowest BCUT2D eigenvalue weighted by molar-refractivity contribution is -0.145. The van der Waals surface area contributed by atoms with Gasteiger partial charge < -0.3 is 10.1 Å². The van der Waals surface area contributed by atoms with Crippen LogP contribution in [0.25, 0.3) is 0 Å². The highest BCUT2D eigenvalue weighted by atomic mass is 16.5. The Morgan fingerprint density at radius 2 is 1.69 bits per heavy atom. The van der Waals surface area contributed by atoms with Crippen LogP contribution in [0.3, 0.4) is 0 Å². The Morgan fingerprint density at radius 3 is 2.38 bits per heavy atom. The number of hydrogen-bond acceptors (Lipinski definition) is 4. The quantitative estimate of drug-likeness (QED) is 0.640. The molecule has 26 heavy (non-hydrogen) atoms. The smallest absolute Gasteiger partial charge is 0.326 e. The van der Waals surface area contributed by atoms with Gasteiger partial charge >= 0.3 is 5.97 Å². The van der Waals surface area contributed by atoms with Crippen LogP contribution in [0, 0.1) is 20.8 Å². The van der Waals surface area contributed by atoms with Crippen molar-refractivity contribution in [2.45, 2.75) is 33.8 Å². The second kappa shape index (κ2) is 8.43. The van der Waals surface area contributed by atoms with Gasteiger partial charge in [0.15, 0.2) is 6.10 Å². The van der Waals surface area contributed by atoms with E-state index in [0.717, 1.165) is 16.7 Å². The highest BCUT2D eigenvalue weighted by Crippen LogP contribution is 2.14. The van der Waals surface area contributed by atoms with E-state index in [4.69, 9.17) is 4.74 Å². The molecule has 0 saturated carbocycles. The Balaban J connectivity index is 1.91. The van der Waals surface area contributed by atoms with Crippen LogP contribution in [0.1, 0.15) is 44.3 Å². The summed E-state index contributed by atoms with van der Waals surface area (Å²) < 4.78 is 5.17. The average molecular weight is 353 g/mol. The molecule has 0 radical (unpaired) electrons. The van der Waals surface area contributed by atoms with E-state index in [2.05, 4.69) is 5.32 Å². The zero-order valence-corrected chi connectivity index (χ0v) is 15.5. The third-order valence-electron chi connectivity index (χ3n) is 4.01. The Kier molecular flexibility index (Phi) is 6.28. The van der Waals surface area contributed by atoms with E-state index >= 15 is 0 Å². The number of carbonyl (C=O) groups is 3. The summed E-state index contributed by atoms with van der Waals surface area (Å²) in [4.78, 5) is 36.5. The van der Waals surface area contributed by atoms with Crippen molar-refractivity contribution in [2.75, 3.05) is 6.54 Å². The maximum Gasteiger partial charge on any atom is 0.326 e. The van der Waals surface area contributed by atoms with Crippen LogP contribution >= 0.6 is 0 Å². The number of ether oxygens (including phenoxy) is 1. The van der Waals surface area contributed by atoms with Gasteiger partial charge in [-0.15, -0.1) is 0 Å². The number of carbonyl (C=O) groups excluding carboxylic acids is 3. The van der Waals surface area contributed by atoms with Gasteiger partial charge in [0, 0.05) is 11.1 Å². The first-order chi connectivity index (χ1) is 12.3. The number of ketones is 1. The fourth-order valence-corrected chi connectivity index (χ4v) is 2.55. The molecule has 0 fully saturated rings. The second-order valence-electron chi connectivity index (χ2n) is 6.37. The van der Waals surface area contributed by atoms with Gasteiger partial charge in [-0.25, -0.2) is 0 Å². The van der Waals surface area contributed by atoms with E-state index < -0.39 is 12.1 Å². The molecule has 136 valence electrons. The van der Waals surface area contributed by atoms with Crippen LogP contribution in [0.4, 0.5) is 0 Å². The number of aryl methyl sites for hydroxylation is 3. The molecule has 0 unspecified atom stereocenters. The van der Waals surface area contributed by atoms with Crippen LogP contribution < -0.4 is 5.32 Å². The van der Waals surface area contributed by atoms with Gasteiger partial charge in [0.1, 0.15) is 6.54 Å². The number of amides is 1. The fraction of sp³-hybridized carbons (Fsp3) is 0.286. The molecular formula is C21H23NO4. The van der Waals surface area contributed by atoms with E-state index in [1.165, 1.54) is 6.92 Å². The van der Waals surface area contributed by atoms with Gasteiger partial charge in [0.25, 0.3) is 5.91 Å². The van der Waals surface area contributed by atoms with Gasteiger partial charge in [-0.2, -0.15) is 0 Å². The maximum absolute atomic E-state index is 12.5. The number of rotatable bonds is 6. The zero-order chi connectivity index (χ0) is 19.3. The molecule has 2 aromatic rings. The van der Waals surface area contributed by atoms with Crippen molar-refractivity contribution in [2.24, 2.45) is 0 Å². The number of esters is 1. The molecule has 1 N–H and O–H groups in total. The fourth-order valence-electron chi connectivity index (χ4n) is 2.55. The lowest BCUT2D eigenvalue weighted by Gasteiger charge is -2.14. The minimum absolute atomic E-state index is 0.260.